The molecule has 4 rings (SSSR count). The van der Waals surface area contributed by atoms with Gasteiger partial charge in [-0.1, -0.05) is 56.7 Å². The van der Waals surface area contributed by atoms with Gasteiger partial charge in [-0.3, -0.25) is 4.79 Å². The molecule has 0 unspecified atom stereocenters. The van der Waals surface area contributed by atoms with Crippen LogP contribution in [0.15, 0.2) is 47.0 Å². The van der Waals surface area contributed by atoms with Crippen LogP contribution >= 0.6 is 11.3 Å². The lowest BCUT2D eigenvalue weighted by atomic mass is 9.58. The Labute approximate surface area is 147 Å². The summed E-state index contributed by atoms with van der Waals surface area (Å²) in [7, 11) is 0. The maximum Gasteiger partial charge on any atom is 0.165 e. The van der Waals surface area contributed by atoms with Crippen molar-refractivity contribution in [3.05, 3.63) is 63.1 Å². The molecule has 3 heteroatoms. The second-order valence-corrected chi connectivity index (χ2v) is 8.48. The first-order chi connectivity index (χ1) is 11.5. The van der Waals surface area contributed by atoms with Gasteiger partial charge < -0.3 is 0 Å². The van der Waals surface area contributed by atoms with E-state index in [9.17, 15) is 4.79 Å². The summed E-state index contributed by atoms with van der Waals surface area (Å²) >= 11 is 1.71. The summed E-state index contributed by atoms with van der Waals surface area (Å²) in [5, 5.41) is 0. The third kappa shape index (κ3) is 2.00. The van der Waals surface area contributed by atoms with Gasteiger partial charge in [-0.2, -0.15) is 0 Å². The third-order valence-corrected chi connectivity index (χ3v) is 6.91. The Bertz CT molecular complexity index is 831. The molecule has 0 radical (unpaired) electrons. The van der Waals surface area contributed by atoms with Gasteiger partial charge in [0.05, 0.1) is 16.6 Å². The maximum absolute atomic E-state index is 13.5. The van der Waals surface area contributed by atoms with Crippen LogP contribution in [0.5, 0.6) is 0 Å². The van der Waals surface area contributed by atoms with Gasteiger partial charge in [-0.05, 0) is 24.8 Å². The molecule has 1 aromatic carbocycles. The lowest BCUT2D eigenvalue weighted by molar-refractivity contribution is -0.125. The molecule has 0 spiro atoms. The quantitative estimate of drug-likeness (QED) is 0.765. The fraction of sp³-hybridized carbons (Fsp3) is 0.429. The lowest BCUT2D eigenvalue weighted by Gasteiger charge is -2.45. The smallest absolute Gasteiger partial charge is 0.165 e. The molecule has 1 atom stereocenters. The number of aromatic nitrogens is 1. The zero-order valence-electron chi connectivity index (χ0n) is 14.6. The normalized spacial score (nSPS) is 25.4. The average Bonchev–Trinajstić information content (AvgIpc) is 3.06. The van der Waals surface area contributed by atoms with Gasteiger partial charge in [0.25, 0.3) is 0 Å². The molecule has 2 aliphatic rings. The number of thiazole rings is 1. The molecule has 1 heterocycles. The van der Waals surface area contributed by atoms with Crippen molar-refractivity contribution in [2.24, 2.45) is 5.41 Å². The minimum atomic E-state index is -0.319. The van der Waals surface area contributed by atoms with Crippen molar-refractivity contribution >= 4 is 17.1 Å². The summed E-state index contributed by atoms with van der Waals surface area (Å²) in [6.45, 7) is 6.42. The summed E-state index contributed by atoms with van der Waals surface area (Å²) in [5.74, 6) is 0.341. The summed E-state index contributed by atoms with van der Waals surface area (Å²) in [4.78, 5) is 19.4. The van der Waals surface area contributed by atoms with Crippen LogP contribution in [0.3, 0.4) is 0 Å². The number of Topliss-reactive ketones (excluding diaryl/α,β-unsaturated/α-hetero) is 1. The van der Waals surface area contributed by atoms with Gasteiger partial charge in [0.1, 0.15) is 0 Å². The summed E-state index contributed by atoms with van der Waals surface area (Å²) < 4.78 is 0. The van der Waals surface area contributed by atoms with E-state index in [2.05, 4.69) is 50.0 Å². The third-order valence-electron chi connectivity index (χ3n) is 5.88. The van der Waals surface area contributed by atoms with Gasteiger partial charge in [0.2, 0.25) is 0 Å². The Morgan fingerprint density at radius 2 is 1.96 bits per heavy atom. The predicted octanol–water partition coefficient (Wildman–Crippen LogP) is 5.08. The molecule has 0 bridgehead atoms. The minimum absolute atomic E-state index is 0.268. The van der Waals surface area contributed by atoms with Crippen LogP contribution in [0.2, 0.25) is 0 Å². The summed E-state index contributed by atoms with van der Waals surface area (Å²) in [5.41, 5.74) is 6.17. The van der Waals surface area contributed by atoms with Gasteiger partial charge in [0, 0.05) is 22.3 Å². The molecule has 1 aromatic heterocycles. The highest BCUT2D eigenvalue weighted by Crippen LogP contribution is 2.54. The first-order valence-electron chi connectivity index (χ1n) is 8.76. The van der Waals surface area contributed by atoms with Crippen LogP contribution in [0.25, 0.3) is 0 Å². The number of ketones is 1. The van der Waals surface area contributed by atoms with Crippen LogP contribution in [-0.2, 0) is 16.6 Å². The van der Waals surface area contributed by atoms with Crippen LogP contribution in [-0.4, -0.2) is 10.8 Å². The first-order valence-corrected chi connectivity index (χ1v) is 9.64. The van der Waals surface area contributed by atoms with E-state index in [4.69, 9.17) is 0 Å². The predicted molar refractivity (Wildman–Crippen MR) is 98.4 cm³/mol. The van der Waals surface area contributed by atoms with Crippen molar-refractivity contribution in [1.29, 1.82) is 0 Å². The Hall–Kier alpha value is -1.74. The van der Waals surface area contributed by atoms with E-state index in [1.807, 2.05) is 11.6 Å². The van der Waals surface area contributed by atoms with E-state index in [1.54, 1.807) is 11.3 Å². The van der Waals surface area contributed by atoms with Crippen molar-refractivity contribution in [3.8, 4) is 0 Å². The Morgan fingerprint density at radius 3 is 2.67 bits per heavy atom. The van der Waals surface area contributed by atoms with Crippen LogP contribution < -0.4 is 0 Å². The fourth-order valence-corrected chi connectivity index (χ4v) is 5.58. The fourth-order valence-electron chi connectivity index (χ4n) is 4.47. The number of benzene rings is 1. The zero-order chi connectivity index (χ0) is 16.9. The highest BCUT2D eigenvalue weighted by atomic mass is 32.1. The van der Waals surface area contributed by atoms with Crippen molar-refractivity contribution in [2.75, 3.05) is 0 Å². The topological polar surface area (TPSA) is 30.0 Å². The lowest BCUT2D eigenvalue weighted by Crippen LogP contribution is -2.44. The van der Waals surface area contributed by atoms with E-state index in [0.29, 0.717) is 5.78 Å². The first kappa shape index (κ1) is 15.8. The molecule has 0 saturated heterocycles. The van der Waals surface area contributed by atoms with E-state index in [-0.39, 0.29) is 10.8 Å². The average molecular weight is 337 g/mol. The van der Waals surface area contributed by atoms with Crippen LogP contribution in [0.1, 0.15) is 56.2 Å². The summed E-state index contributed by atoms with van der Waals surface area (Å²) in [6, 6.07) is 10.6. The second kappa shape index (κ2) is 5.38. The van der Waals surface area contributed by atoms with Crippen molar-refractivity contribution in [1.82, 2.24) is 4.98 Å². The molecule has 124 valence electrons. The van der Waals surface area contributed by atoms with Gasteiger partial charge in [-0.15, -0.1) is 11.3 Å². The largest absolute Gasteiger partial charge is 0.294 e. The Morgan fingerprint density at radius 1 is 1.21 bits per heavy atom. The van der Waals surface area contributed by atoms with Crippen molar-refractivity contribution in [2.45, 2.75) is 51.9 Å². The van der Waals surface area contributed by atoms with E-state index >= 15 is 0 Å². The Kier molecular flexibility index (Phi) is 3.54. The molecule has 2 nitrogen and oxygen atoms in total. The van der Waals surface area contributed by atoms with E-state index < -0.39 is 0 Å². The highest BCUT2D eigenvalue weighted by molar-refractivity contribution is 7.10. The Balaban J connectivity index is 2.05. The molecule has 2 aliphatic carbocycles. The van der Waals surface area contributed by atoms with Crippen molar-refractivity contribution in [3.63, 3.8) is 0 Å². The number of nitrogens with zero attached hydrogens (tertiary/aromatic N) is 1. The highest BCUT2D eigenvalue weighted by Gasteiger charge is 2.51. The second-order valence-electron chi connectivity index (χ2n) is 7.62. The minimum Gasteiger partial charge on any atom is -0.294 e. The SMILES string of the molecule is CC[C@@]1(c2ccccc2)C2=C(CCC(C)(C)C2=O)Cc2ncsc21. The molecular formula is C21H23NOS. The molecule has 0 saturated carbocycles. The number of fused-ring (bicyclic) bond motifs is 1. The number of carbonyl (C=O) groups excluding carboxylic acids is 1. The standard InChI is InChI=1S/C21H23NOS/c1-4-21(15-8-6-5-7-9-15)17-14(10-11-20(2,3)18(17)23)12-16-19(21)24-13-22-16/h5-9,13H,4,10-12H2,1-3H3/t21-/m1/s1. The molecule has 2 aromatic rings. The molecule has 0 amide bonds. The molecule has 0 N–H and O–H groups in total. The molecule has 0 aliphatic heterocycles. The maximum atomic E-state index is 13.5. The zero-order valence-corrected chi connectivity index (χ0v) is 15.4. The van der Waals surface area contributed by atoms with E-state index in [0.717, 1.165) is 31.3 Å². The van der Waals surface area contributed by atoms with Gasteiger partial charge in [0.15, 0.2) is 5.78 Å². The van der Waals surface area contributed by atoms with Crippen molar-refractivity contribution < 1.29 is 4.79 Å². The molecule has 24 heavy (non-hydrogen) atoms. The van der Waals surface area contributed by atoms with E-state index in [1.165, 1.54) is 21.7 Å². The van der Waals surface area contributed by atoms with Gasteiger partial charge in [-0.25, -0.2) is 4.98 Å². The number of hydrogen-bond acceptors (Lipinski definition) is 3. The summed E-state index contributed by atoms with van der Waals surface area (Å²) in [6.07, 6.45) is 3.70. The monoisotopic (exact) mass is 337 g/mol. The van der Waals surface area contributed by atoms with Crippen LogP contribution in [0.4, 0.5) is 0 Å². The number of carbonyl (C=O) groups is 1. The number of rotatable bonds is 2. The number of hydrogen-bond donors (Lipinski definition) is 0. The van der Waals surface area contributed by atoms with Gasteiger partial charge >= 0.3 is 0 Å². The van der Waals surface area contributed by atoms with Crippen LogP contribution in [0, 0.1) is 5.41 Å². The number of allylic oxidation sites excluding steroid dienone is 2. The molecule has 0 fully saturated rings. The molecular weight excluding hydrogens is 314 g/mol.